The third-order valence-electron chi connectivity index (χ3n) is 4.15. The highest BCUT2D eigenvalue weighted by molar-refractivity contribution is 7.90. The zero-order valence-electron chi connectivity index (χ0n) is 13.6. The second-order valence-electron chi connectivity index (χ2n) is 6.49. The smallest absolute Gasteiger partial charge is 0.310 e. The number of hydrogen-bond donors (Lipinski definition) is 1. The van der Waals surface area contributed by atoms with Crippen molar-refractivity contribution >= 4 is 16.0 Å². The lowest BCUT2D eigenvalue weighted by Gasteiger charge is -2.30. The van der Waals surface area contributed by atoms with Gasteiger partial charge in [-0.05, 0) is 38.5 Å². The highest BCUT2D eigenvalue weighted by atomic mass is 32.2. The topological polar surface area (TPSA) is 72.5 Å². The molecule has 0 aromatic carbocycles. The van der Waals surface area contributed by atoms with E-state index in [2.05, 4.69) is 18.6 Å². The van der Waals surface area contributed by atoms with Crippen LogP contribution in [0.15, 0.2) is 0 Å². The molecule has 21 heavy (non-hydrogen) atoms. The molecular formula is C15H29NO4S. The van der Waals surface area contributed by atoms with Crippen molar-refractivity contribution < 1.29 is 17.9 Å². The number of carbonyl (C=O) groups excluding carboxylic acids is 1. The van der Waals surface area contributed by atoms with Crippen LogP contribution in [-0.2, 0) is 19.6 Å². The number of ether oxygens (including phenoxy) is 1. The molecule has 0 spiro atoms. The molecule has 1 N–H and O–H groups in total. The number of rotatable bonds is 7. The molecule has 0 aliphatic heterocycles. The van der Waals surface area contributed by atoms with Crippen molar-refractivity contribution in [3.63, 3.8) is 0 Å². The van der Waals surface area contributed by atoms with E-state index in [1.165, 1.54) is 7.11 Å². The van der Waals surface area contributed by atoms with Gasteiger partial charge in [0.1, 0.15) is 0 Å². The number of methoxy groups -OCH3 is 1. The minimum Gasteiger partial charge on any atom is -0.469 e. The molecule has 0 aromatic rings. The molecule has 5 nitrogen and oxygen atoms in total. The molecule has 0 bridgehead atoms. The highest BCUT2D eigenvalue weighted by Gasteiger charge is 2.40. The van der Waals surface area contributed by atoms with Crippen LogP contribution in [-0.4, -0.2) is 32.8 Å². The highest BCUT2D eigenvalue weighted by Crippen LogP contribution is 2.30. The number of sulfonamides is 1. The molecule has 124 valence electrons. The van der Waals surface area contributed by atoms with Crippen LogP contribution in [0.3, 0.4) is 0 Å². The van der Waals surface area contributed by atoms with Crippen molar-refractivity contribution in [1.82, 2.24) is 4.72 Å². The van der Waals surface area contributed by atoms with Gasteiger partial charge >= 0.3 is 5.97 Å². The van der Waals surface area contributed by atoms with Gasteiger partial charge < -0.3 is 4.74 Å². The number of nitrogens with one attached hydrogen (secondary N) is 1. The lowest BCUT2D eigenvalue weighted by Crippen LogP contribution is -2.46. The Bertz CT molecular complexity index is 433. The second kappa shape index (κ2) is 8.13. The monoisotopic (exact) mass is 319 g/mol. The van der Waals surface area contributed by atoms with Crippen molar-refractivity contribution in [3.05, 3.63) is 0 Å². The standard InChI is InChI=1S/C15H29NO4S/c1-11(2)9-10-12(3)16-21(18,19)14-8-6-5-7-13(14)15(17)20-4/h11-14,16H,5-10H2,1-4H3/t12-,13+,14+/m0/s1. The summed E-state index contributed by atoms with van der Waals surface area (Å²) in [5.41, 5.74) is 0. The fourth-order valence-corrected chi connectivity index (χ4v) is 4.91. The molecule has 0 saturated heterocycles. The predicted molar refractivity (Wildman–Crippen MR) is 83.4 cm³/mol. The zero-order valence-corrected chi connectivity index (χ0v) is 14.4. The maximum Gasteiger partial charge on any atom is 0.310 e. The third kappa shape index (κ3) is 5.58. The first-order valence-electron chi connectivity index (χ1n) is 7.87. The zero-order chi connectivity index (χ0) is 16.0. The minimum absolute atomic E-state index is 0.0994. The van der Waals surface area contributed by atoms with E-state index in [4.69, 9.17) is 4.74 Å². The van der Waals surface area contributed by atoms with E-state index in [0.29, 0.717) is 18.8 Å². The maximum atomic E-state index is 12.6. The van der Waals surface area contributed by atoms with Gasteiger partial charge in [-0.3, -0.25) is 4.79 Å². The predicted octanol–water partition coefficient (Wildman–Crippen LogP) is 2.46. The van der Waals surface area contributed by atoms with Gasteiger partial charge in [-0.1, -0.05) is 26.7 Å². The van der Waals surface area contributed by atoms with Gasteiger partial charge in [0.05, 0.1) is 18.3 Å². The van der Waals surface area contributed by atoms with E-state index in [0.717, 1.165) is 25.7 Å². The first-order valence-corrected chi connectivity index (χ1v) is 9.41. The van der Waals surface area contributed by atoms with Crippen LogP contribution >= 0.6 is 0 Å². The summed E-state index contributed by atoms with van der Waals surface area (Å²) in [7, 11) is -2.17. The Morgan fingerprint density at radius 1 is 1.19 bits per heavy atom. The molecule has 0 radical (unpaired) electrons. The third-order valence-corrected chi connectivity index (χ3v) is 6.24. The van der Waals surface area contributed by atoms with E-state index in [9.17, 15) is 13.2 Å². The Morgan fingerprint density at radius 2 is 1.81 bits per heavy atom. The van der Waals surface area contributed by atoms with E-state index in [1.54, 1.807) is 0 Å². The van der Waals surface area contributed by atoms with Gasteiger partial charge in [-0.15, -0.1) is 0 Å². The average Bonchev–Trinajstić information content (AvgIpc) is 2.44. The average molecular weight is 319 g/mol. The molecule has 0 aromatic heterocycles. The minimum atomic E-state index is -3.49. The maximum absolute atomic E-state index is 12.6. The fraction of sp³-hybridized carbons (Fsp3) is 0.933. The van der Waals surface area contributed by atoms with Crippen molar-refractivity contribution in [2.45, 2.75) is 70.6 Å². The molecule has 1 saturated carbocycles. The van der Waals surface area contributed by atoms with Crippen molar-refractivity contribution in [1.29, 1.82) is 0 Å². The molecule has 6 heteroatoms. The molecule has 1 aliphatic carbocycles. The lowest BCUT2D eigenvalue weighted by atomic mass is 9.89. The van der Waals surface area contributed by atoms with Crippen molar-refractivity contribution in [2.75, 3.05) is 7.11 Å². The van der Waals surface area contributed by atoms with Crippen molar-refractivity contribution in [2.24, 2.45) is 11.8 Å². The van der Waals surface area contributed by atoms with Crippen LogP contribution in [0.5, 0.6) is 0 Å². The molecule has 1 fully saturated rings. The molecule has 1 aliphatic rings. The first kappa shape index (κ1) is 18.4. The normalized spacial score (nSPS) is 24.8. The lowest BCUT2D eigenvalue weighted by molar-refractivity contribution is -0.146. The Hall–Kier alpha value is -0.620. The van der Waals surface area contributed by atoms with Gasteiger partial charge in [0.25, 0.3) is 0 Å². The number of carbonyl (C=O) groups is 1. The second-order valence-corrected chi connectivity index (χ2v) is 8.42. The van der Waals surface area contributed by atoms with Gasteiger partial charge in [0, 0.05) is 6.04 Å². The van der Waals surface area contributed by atoms with Crippen LogP contribution in [0, 0.1) is 11.8 Å². The summed E-state index contributed by atoms with van der Waals surface area (Å²) in [6.07, 6.45) is 4.65. The van der Waals surface area contributed by atoms with E-state index < -0.39 is 27.2 Å². The summed E-state index contributed by atoms with van der Waals surface area (Å²) in [5.74, 6) is -0.382. The summed E-state index contributed by atoms with van der Waals surface area (Å²) < 4.78 is 32.6. The van der Waals surface area contributed by atoms with E-state index in [-0.39, 0.29) is 6.04 Å². The molecule has 3 atom stereocenters. The Kier molecular flexibility index (Phi) is 7.13. The number of esters is 1. The van der Waals surface area contributed by atoms with Gasteiger partial charge in [0.15, 0.2) is 0 Å². The summed E-state index contributed by atoms with van der Waals surface area (Å²) in [6.45, 7) is 6.13. The van der Waals surface area contributed by atoms with Crippen molar-refractivity contribution in [3.8, 4) is 0 Å². The van der Waals surface area contributed by atoms with Crippen LogP contribution in [0.1, 0.15) is 59.3 Å². The SMILES string of the molecule is COC(=O)[C@@H]1CCCC[C@H]1S(=O)(=O)N[C@@H](C)CCC(C)C. The molecule has 0 unspecified atom stereocenters. The molecule has 1 rings (SSSR count). The van der Waals surface area contributed by atoms with Crippen LogP contribution in [0.25, 0.3) is 0 Å². The number of hydrogen-bond acceptors (Lipinski definition) is 4. The van der Waals surface area contributed by atoms with Crippen LogP contribution < -0.4 is 4.72 Å². The Labute approximate surface area is 128 Å². The van der Waals surface area contributed by atoms with Crippen LogP contribution in [0.4, 0.5) is 0 Å². The molecular weight excluding hydrogens is 290 g/mol. The summed E-state index contributed by atoms with van der Waals surface area (Å²) in [6, 6.07) is -0.0994. The van der Waals surface area contributed by atoms with E-state index >= 15 is 0 Å². The Morgan fingerprint density at radius 3 is 2.38 bits per heavy atom. The quantitative estimate of drug-likeness (QED) is 0.732. The molecule has 0 heterocycles. The summed E-state index contributed by atoms with van der Waals surface area (Å²) in [5, 5.41) is -0.653. The van der Waals surface area contributed by atoms with Crippen LogP contribution in [0.2, 0.25) is 0 Å². The summed E-state index contributed by atoms with van der Waals surface area (Å²) >= 11 is 0. The fourth-order valence-electron chi connectivity index (χ4n) is 2.90. The Balaban J connectivity index is 2.72. The largest absolute Gasteiger partial charge is 0.469 e. The molecule has 0 amide bonds. The first-order chi connectivity index (χ1) is 9.77. The van der Waals surface area contributed by atoms with Gasteiger partial charge in [-0.25, -0.2) is 13.1 Å². The summed E-state index contributed by atoms with van der Waals surface area (Å²) in [4.78, 5) is 11.8. The van der Waals surface area contributed by atoms with Gasteiger partial charge in [-0.2, -0.15) is 0 Å². The van der Waals surface area contributed by atoms with Gasteiger partial charge in [0.2, 0.25) is 10.0 Å². The van der Waals surface area contributed by atoms with E-state index in [1.807, 2.05) is 6.92 Å².